The Morgan fingerprint density at radius 1 is 1.25 bits per heavy atom. The molecule has 4 heteroatoms. The minimum Gasteiger partial charge on any atom is -0.311 e. The maximum Gasteiger partial charge on any atom is 0.393 e. The highest BCUT2D eigenvalue weighted by Crippen LogP contribution is 2.37. The van der Waals surface area contributed by atoms with Crippen LogP contribution in [-0.2, 0) is 0 Å². The van der Waals surface area contributed by atoms with E-state index in [2.05, 4.69) is 12.2 Å². The quantitative estimate of drug-likeness (QED) is 0.782. The van der Waals surface area contributed by atoms with Gasteiger partial charge in [0.05, 0.1) is 5.92 Å². The van der Waals surface area contributed by atoms with Crippen LogP contribution in [0.4, 0.5) is 13.2 Å². The molecule has 0 bridgehead atoms. The predicted octanol–water partition coefficient (Wildman–Crippen LogP) is 3.89. The first-order chi connectivity index (χ1) is 7.45. The Hall–Kier alpha value is -0.250. The van der Waals surface area contributed by atoms with E-state index in [4.69, 9.17) is 0 Å². The SMILES string of the molecule is CCCC(C)NC1CCCCC1C(F)(F)F. The number of halogens is 3. The first-order valence-corrected chi connectivity index (χ1v) is 6.28. The summed E-state index contributed by atoms with van der Waals surface area (Å²) < 4.78 is 38.4. The molecule has 1 fully saturated rings. The zero-order valence-electron chi connectivity index (χ0n) is 10.1. The molecule has 1 rings (SSSR count). The van der Waals surface area contributed by atoms with Crippen LogP contribution in [0, 0.1) is 5.92 Å². The van der Waals surface area contributed by atoms with Crippen molar-refractivity contribution in [1.82, 2.24) is 5.32 Å². The van der Waals surface area contributed by atoms with Crippen LogP contribution in [-0.4, -0.2) is 18.3 Å². The Kier molecular flexibility index (Phi) is 5.09. The zero-order valence-corrected chi connectivity index (χ0v) is 10.1. The maximum absolute atomic E-state index is 12.8. The second-order valence-electron chi connectivity index (χ2n) is 4.90. The summed E-state index contributed by atoms with van der Waals surface area (Å²) in [4.78, 5) is 0. The fraction of sp³-hybridized carbons (Fsp3) is 1.00. The van der Waals surface area contributed by atoms with Gasteiger partial charge in [0.25, 0.3) is 0 Å². The van der Waals surface area contributed by atoms with E-state index >= 15 is 0 Å². The van der Waals surface area contributed by atoms with Crippen molar-refractivity contribution >= 4 is 0 Å². The third-order valence-corrected chi connectivity index (χ3v) is 3.41. The molecule has 0 spiro atoms. The summed E-state index contributed by atoms with van der Waals surface area (Å²) in [5.74, 6) is -1.14. The predicted molar refractivity (Wildman–Crippen MR) is 59.3 cm³/mol. The lowest BCUT2D eigenvalue weighted by atomic mass is 9.83. The standard InChI is InChI=1S/C12H22F3N/c1-3-6-9(2)16-11-8-5-4-7-10(11)12(13,14)15/h9-11,16H,3-8H2,1-2H3. The Morgan fingerprint density at radius 2 is 1.88 bits per heavy atom. The van der Waals surface area contributed by atoms with E-state index in [1.54, 1.807) is 0 Å². The van der Waals surface area contributed by atoms with E-state index in [9.17, 15) is 13.2 Å². The van der Waals surface area contributed by atoms with Crippen molar-refractivity contribution in [2.75, 3.05) is 0 Å². The molecule has 0 aromatic heterocycles. The molecule has 1 aliphatic carbocycles. The summed E-state index contributed by atoms with van der Waals surface area (Å²) in [6.45, 7) is 4.03. The molecule has 0 amide bonds. The summed E-state index contributed by atoms with van der Waals surface area (Å²) in [6, 6.07) is -0.173. The molecule has 1 nitrogen and oxygen atoms in total. The Labute approximate surface area is 95.8 Å². The summed E-state index contributed by atoms with van der Waals surface area (Å²) in [6.07, 6.45) is 0.508. The number of rotatable bonds is 4. The lowest BCUT2D eigenvalue weighted by Crippen LogP contribution is -2.48. The van der Waals surface area contributed by atoms with Gasteiger partial charge in [0.2, 0.25) is 0 Å². The molecule has 3 atom stereocenters. The van der Waals surface area contributed by atoms with Gasteiger partial charge in [0, 0.05) is 12.1 Å². The summed E-state index contributed by atoms with van der Waals surface area (Å²) in [7, 11) is 0. The average molecular weight is 237 g/mol. The summed E-state index contributed by atoms with van der Waals surface area (Å²) in [5, 5.41) is 3.16. The lowest BCUT2D eigenvalue weighted by Gasteiger charge is -2.35. The molecule has 0 radical (unpaired) electrons. The molecule has 16 heavy (non-hydrogen) atoms. The fourth-order valence-corrected chi connectivity index (χ4v) is 2.60. The average Bonchev–Trinajstić information content (AvgIpc) is 2.17. The molecule has 0 heterocycles. The first-order valence-electron chi connectivity index (χ1n) is 6.28. The first kappa shape index (κ1) is 13.8. The fourth-order valence-electron chi connectivity index (χ4n) is 2.60. The second-order valence-corrected chi connectivity index (χ2v) is 4.90. The van der Waals surface area contributed by atoms with Crippen LogP contribution in [0.15, 0.2) is 0 Å². The van der Waals surface area contributed by atoms with Crippen molar-refractivity contribution in [1.29, 1.82) is 0 Å². The van der Waals surface area contributed by atoms with Gasteiger partial charge in [-0.3, -0.25) is 0 Å². The van der Waals surface area contributed by atoms with Crippen LogP contribution >= 0.6 is 0 Å². The molecule has 0 aliphatic heterocycles. The number of hydrogen-bond donors (Lipinski definition) is 1. The topological polar surface area (TPSA) is 12.0 Å². The van der Waals surface area contributed by atoms with Crippen LogP contribution < -0.4 is 5.32 Å². The van der Waals surface area contributed by atoms with Gasteiger partial charge in [-0.2, -0.15) is 13.2 Å². The van der Waals surface area contributed by atoms with Gasteiger partial charge < -0.3 is 5.32 Å². The van der Waals surface area contributed by atoms with Gasteiger partial charge in [-0.05, 0) is 26.2 Å². The minimum absolute atomic E-state index is 0.193. The molecular formula is C12H22F3N. The van der Waals surface area contributed by atoms with Gasteiger partial charge in [-0.25, -0.2) is 0 Å². The van der Waals surface area contributed by atoms with Crippen LogP contribution in [0.5, 0.6) is 0 Å². The number of hydrogen-bond acceptors (Lipinski definition) is 1. The smallest absolute Gasteiger partial charge is 0.311 e. The summed E-state index contributed by atoms with van der Waals surface area (Å²) >= 11 is 0. The molecule has 1 aliphatic rings. The van der Waals surface area contributed by atoms with Gasteiger partial charge in [-0.1, -0.05) is 26.2 Å². The normalized spacial score (nSPS) is 29.1. The van der Waals surface area contributed by atoms with Gasteiger partial charge in [-0.15, -0.1) is 0 Å². The highest BCUT2D eigenvalue weighted by Gasteiger charge is 2.45. The number of alkyl halides is 3. The third-order valence-electron chi connectivity index (χ3n) is 3.41. The monoisotopic (exact) mass is 237 g/mol. The molecule has 96 valence electrons. The lowest BCUT2D eigenvalue weighted by molar-refractivity contribution is -0.189. The van der Waals surface area contributed by atoms with E-state index in [0.717, 1.165) is 19.3 Å². The minimum atomic E-state index is -4.04. The van der Waals surface area contributed by atoms with Crippen LogP contribution in [0.3, 0.4) is 0 Å². The van der Waals surface area contributed by atoms with E-state index in [-0.39, 0.29) is 12.1 Å². The van der Waals surface area contributed by atoms with Crippen LogP contribution in [0.25, 0.3) is 0 Å². The maximum atomic E-state index is 12.8. The molecular weight excluding hydrogens is 215 g/mol. The largest absolute Gasteiger partial charge is 0.393 e. The van der Waals surface area contributed by atoms with Gasteiger partial charge >= 0.3 is 6.18 Å². The molecule has 0 aromatic rings. The molecule has 3 unspecified atom stereocenters. The van der Waals surface area contributed by atoms with Crippen molar-refractivity contribution in [3.8, 4) is 0 Å². The van der Waals surface area contributed by atoms with Crippen LogP contribution in [0.2, 0.25) is 0 Å². The Bertz CT molecular complexity index is 203. The van der Waals surface area contributed by atoms with E-state index in [1.165, 1.54) is 0 Å². The summed E-state index contributed by atoms with van der Waals surface area (Å²) in [5.41, 5.74) is 0. The van der Waals surface area contributed by atoms with Crippen molar-refractivity contribution in [3.63, 3.8) is 0 Å². The van der Waals surface area contributed by atoms with Gasteiger partial charge in [0.15, 0.2) is 0 Å². The van der Waals surface area contributed by atoms with E-state index < -0.39 is 12.1 Å². The highest BCUT2D eigenvalue weighted by atomic mass is 19.4. The van der Waals surface area contributed by atoms with E-state index in [1.807, 2.05) is 6.92 Å². The molecule has 1 N–H and O–H groups in total. The number of nitrogens with one attached hydrogen (secondary N) is 1. The molecule has 1 saturated carbocycles. The van der Waals surface area contributed by atoms with Crippen molar-refractivity contribution in [2.24, 2.45) is 5.92 Å². The zero-order chi connectivity index (χ0) is 12.2. The van der Waals surface area contributed by atoms with Crippen molar-refractivity contribution < 1.29 is 13.2 Å². The van der Waals surface area contributed by atoms with Gasteiger partial charge in [0.1, 0.15) is 0 Å². The third kappa shape index (κ3) is 3.96. The Balaban J connectivity index is 2.53. The second kappa shape index (κ2) is 5.89. The molecule has 0 saturated heterocycles. The molecule has 0 aromatic carbocycles. The van der Waals surface area contributed by atoms with Crippen molar-refractivity contribution in [3.05, 3.63) is 0 Å². The highest BCUT2D eigenvalue weighted by molar-refractivity contribution is 4.86. The Morgan fingerprint density at radius 3 is 2.44 bits per heavy atom. The van der Waals surface area contributed by atoms with Crippen molar-refractivity contribution in [2.45, 2.75) is 70.6 Å². The van der Waals surface area contributed by atoms with Crippen LogP contribution in [0.1, 0.15) is 52.4 Å². The van der Waals surface area contributed by atoms with E-state index in [0.29, 0.717) is 19.3 Å².